The highest BCUT2D eigenvalue weighted by Crippen LogP contribution is 2.16. The van der Waals surface area contributed by atoms with Gasteiger partial charge in [0.1, 0.15) is 0 Å². The smallest absolute Gasteiger partial charge is 0.182 e. The lowest BCUT2D eigenvalue weighted by Crippen LogP contribution is -2.17. The quantitative estimate of drug-likeness (QED) is 0.770. The fourth-order valence-electron chi connectivity index (χ4n) is 1.56. The second-order valence-corrected chi connectivity index (χ2v) is 4.39. The number of nitrogens with one attached hydrogen (secondary N) is 2. The molecule has 2 heterocycles. The molecule has 1 aromatic heterocycles. The van der Waals surface area contributed by atoms with Gasteiger partial charge >= 0.3 is 0 Å². The van der Waals surface area contributed by atoms with E-state index in [1.807, 2.05) is 6.92 Å². The molecule has 0 aromatic carbocycles. The number of rotatable bonds is 3. The van der Waals surface area contributed by atoms with Gasteiger partial charge in [0.15, 0.2) is 5.13 Å². The minimum absolute atomic E-state index is 0.782. The molecule has 0 bridgehead atoms. The van der Waals surface area contributed by atoms with Gasteiger partial charge in [-0.25, -0.2) is 4.98 Å². The molecule has 0 aliphatic carbocycles. The third-order valence-electron chi connectivity index (χ3n) is 2.32. The number of hydrogen-bond acceptors (Lipinski definition) is 4. The fraction of sp³-hybridized carbons (Fsp3) is 0.667. The van der Waals surface area contributed by atoms with Crippen molar-refractivity contribution < 1.29 is 0 Å². The van der Waals surface area contributed by atoms with Crippen LogP contribution in [0.2, 0.25) is 0 Å². The predicted molar refractivity (Wildman–Crippen MR) is 56.3 cm³/mol. The molecular formula is C9H15N3S. The largest absolute Gasteiger partial charge is 0.361 e. The van der Waals surface area contributed by atoms with Gasteiger partial charge < -0.3 is 10.6 Å². The number of aromatic nitrogens is 1. The average Bonchev–Trinajstić information content (AvgIpc) is 2.71. The first-order valence-corrected chi connectivity index (χ1v) is 5.59. The number of aryl methyl sites for hydroxylation is 1. The van der Waals surface area contributed by atoms with Crippen molar-refractivity contribution in [2.75, 3.05) is 25.0 Å². The van der Waals surface area contributed by atoms with Crippen LogP contribution in [-0.2, 0) is 0 Å². The summed E-state index contributed by atoms with van der Waals surface area (Å²) in [4.78, 5) is 4.36. The molecule has 0 amide bonds. The highest BCUT2D eigenvalue weighted by molar-refractivity contribution is 7.13. The molecule has 1 aliphatic heterocycles. The van der Waals surface area contributed by atoms with Crippen molar-refractivity contribution in [2.24, 2.45) is 5.92 Å². The topological polar surface area (TPSA) is 37.0 Å². The zero-order valence-corrected chi connectivity index (χ0v) is 8.66. The summed E-state index contributed by atoms with van der Waals surface area (Å²) in [7, 11) is 0. The van der Waals surface area contributed by atoms with Crippen LogP contribution in [-0.4, -0.2) is 24.6 Å². The molecule has 72 valence electrons. The molecule has 1 fully saturated rings. The minimum atomic E-state index is 0.782. The van der Waals surface area contributed by atoms with Crippen molar-refractivity contribution in [3.8, 4) is 0 Å². The van der Waals surface area contributed by atoms with Gasteiger partial charge in [0, 0.05) is 11.9 Å². The summed E-state index contributed by atoms with van der Waals surface area (Å²) in [6.45, 7) is 5.40. The highest BCUT2D eigenvalue weighted by atomic mass is 32.1. The monoisotopic (exact) mass is 197 g/mol. The molecule has 2 N–H and O–H groups in total. The van der Waals surface area contributed by atoms with E-state index in [1.165, 1.54) is 13.0 Å². The third kappa shape index (κ3) is 2.42. The number of thiazole rings is 1. The summed E-state index contributed by atoms with van der Waals surface area (Å²) >= 11 is 1.69. The van der Waals surface area contributed by atoms with Crippen molar-refractivity contribution in [1.29, 1.82) is 0 Å². The summed E-state index contributed by atoms with van der Waals surface area (Å²) in [5.74, 6) is 0.782. The van der Waals surface area contributed by atoms with Gasteiger partial charge in [0.25, 0.3) is 0 Å². The van der Waals surface area contributed by atoms with Crippen LogP contribution in [0.3, 0.4) is 0 Å². The molecular weight excluding hydrogens is 182 g/mol. The van der Waals surface area contributed by atoms with Crippen LogP contribution in [0.1, 0.15) is 12.1 Å². The standard InChI is InChI=1S/C9H15N3S/c1-7-6-13-9(12-7)11-5-8-2-3-10-4-8/h6,8,10H,2-5H2,1H3,(H,11,12). The number of hydrogen-bond donors (Lipinski definition) is 2. The van der Waals surface area contributed by atoms with Crippen molar-refractivity contribution in [2.45, 2.75) is 13.3 Å². The summed E-state index contributed by atoms with van der Waals surface area (Å²) in [5, 5.41) is 9.87. The zero-order chi connectivity index (χ0) is 9.10. The Kier molecular flexibility index (Phi) is 2.80. The fourth-order valence-corrected chi connectivity index (χ4v) is 2.25. The van der Waals surface area contributed by atoms with Gasteiger partial charge in [0.05, 0.1) is 5.69 Å². The van der Waals surface area contributed by atoms with Crippen LogP contribution in [0.4, 0.5) is 5.13 Å². The van der Waals surface area contributed by atoms with E-state index in [1.54, 1.807) is 11.3 Å². The average molecular weight is 197 g/mol. The Morgan fingerprint density at radius 2 is 2.69 bits per heavy atom. The summed E-state index contributed by atoms with van der Waals surface area (Å²) in [6.07, 6.45) is 1.29. The van der Waals surface area contributed by atoms with Crippen molar-refractivity contribution in [3.05, 3.63) is 11.1 Å². The van der Waals surface area contributed by atoms with Gasteiger partial charge in [-0.05, 0) is 32.4 Å². The molecule has 0 saturated carbocycles. The van der Waals surface area contributed by atoms with Gasteiger partial charge in [-0.2, -0.15) is 0 Å². The van der Waals surface area contributed by atoms with Crippen LogP contribution in [0.5, 0.6) is 0 Å². The molecule has 0 spiro atoms. The first-order valence-electron chi connectivity index (χ1n) is 4.71. The van der Waals surface area contributed by atoms with E-state index in [0.717, 1.165) is 29.8 Å². The van der Waals surface area contributed by atoms with E-state index in [2.05, 4.69) is 21.0 Å². The Morgan fingerprint density at radius 1 is 1.77 bits per heavy atom. The molecule has 3 nitrogen and oxygen atoms in total. The van der Waals surface area contributed by atoms with E-state index < -0.39 is 0 Å². The predicted octanol–water partition coefficient (Wildman–Crippen LogP) is 1.47. The number of anilines is 1. The highest BCUT2D eigenvalue weighted by Gasteiger charge is 2.13. The first-order chi connectivity index (χ1) is 6.34. The lowest BCUT2D eigenvalue weighted by atomic mass is 10.1. The van der Waals surface area contributed by atoms with Gasteiger partial charge in [-0.1, -0.05) is 0 Å². The first kappa shape index (κ1) is 8.97. The Hall–Kier alpha value is -0.610. The second kappa shape index (κ2) is 4.07. The normalized spacial score (nSPS) is 22.1. The van der Waals surface area contributed by atoms with Crippen LogP contribution in [0.25, 0.3) is 0 Å². The Labute approximate surface area is 82.6 Å². The van der Waals surface area contributed by atoms with Crippen molar-refractivity contribution in [3.63, 3.8) is 0 Å². The van der Waals surface area contributed by atoms with E-state index in [-0.39, 0.29) is 0 Å². The molecule has 4 heteroatoms. The lowest BCUT2D eigenvalue weighted by Gasteiger charge is -2.07. The maximum atomic E-state index is 4.36. The van der Waals surface area contributed by atoms with Crippen molar-refractivity contribution >= 4 is 16.5 Å². The molecule has 1 aliphatic rings. The van der Waals surface area contributed by atoms with Gasteiger partial charge in [-0.3, -0.25) is 0 Å². The third-order valence-corrected chi connectivity index (χ3v) is 3.24. The van der Waals surface area contributed by atoms with Crippen LogP contribution < -0.4 is 10.6 Å². The second-order valence-electron chi connectivity index (χ2n) is 3.53. The van der Waals surface area contributed by atoms with Crippen LogP contribution in [0, 0.1) is 12.8 Å². The molecule has 1 unspecified atom stereocenters. The summed E-state index contributed by atoms with van der Waals surface area (Å²) in [6, 6.07) is 0. The van der Waals surface area contributed by atoms with E-state index in [9.17, 15) is 0 Å². The van der Waals surface area contributed by atoms with E-state index >= 15 is 0 Å². The SMILES string of the molecule is Cc1csc(NCC2CCNC2)n1. The van der Waals surface area contributed by atoms with Crippen LogP contribution in [0.15, 0.2) is 5.38 Å². The number of nitrogens with zero attached hydrogens (tertiary/aromatic N) is 1. The molecule has 0 radical (unpaired) electrons. The van der Waals surface area contributed by atoms with E-state index in [4.69, 9.17) is 0 Å². The van der Waals surface area contributed by atoms with Gasteiger partial charge in [0.2, 0.25) is 0 Å². The minimum Gasteiger partial charge on any atom is -0.361 e. The maximum Gasteiger partial charge on any atom is 0.182 e. The zero-order valence-electron chi connectivity index (χ0n) is 7.84. The summed E-state index contributed by atoms with van der Waals surface area (Å²) in [5.41, 5.74) is 1.11. The van der Waals surface area contributed by atoms with Gasteiger partial charge in [-0.15, -0.1) is 11.3 Å². The van der Waals surface area contributed by atoms with Crippen molar-refractivity contribution in [1.82, 2.24) is 10.3 Å². The molecule has 1 atom stereocenters. The van der Waals surface area contributed by atoms with E-state index in [0.29, 0.717) is 0 Å². The molecule has 2 rings (SSSR count). The Morgan fingerprint density at radius 3 is 3.31 bits per heavy atom. The Bertz CT molecular complexity index is 266. The molecule has 1 aromatic rings. The van der Waals surface area contributed by atoms with Crippen LogP contribution >= 0.6 is 11.3 Å². The molecule has 1 saturated heterocycles. The Balaban J connectivity index is 1.78. The maximum absolute atomic E-state index is 4.36. The lowest BCUT2D eigenvalue weighted by molar-refractivity contribution is 0.615. The summed E-state index contributed by atoms with van der Waals surface area (Å²) < 4.78 is 0. The molecule has 13 heavy (non-hydrogen) atoms.